The molecule has 2 unspecified atom stereocenters. The minimum absolute atomic E-state index is 0.0454. The summed E-state index contributed by atoms with van der Waals surface area (Å²) >= 11 is 0. The Morgan fingerprint density at radius 1 is 1.25 bits per heavy atom. The van der Waals surface area contributed by atoms with E-state index in [2.05, 4.69) is 0 Å². The van der Waals surface area contributed by atoms with Gasteiger partial charge in [0.2, 0.25) is 0 Å². The van der Waals surface area contributed by atoms with Crippen molar-refractivity contribution >= 4 is 11.8 Å². The van der Waals surface area contributed by atoms with Crippen molar-refractivity contribution < 1.29 is 14.3 Å². The number of hydrogen-bond donors (Lipinski definition) is 0. The summed E-state index contributed by atoms with van der Waals surface area (Å²) in [7, 11) is 0. The van der Waals surface area contributed by atoms with Crippen LogP contribution in [-0.2, 0) is 14.3 Å². The van der Waals surface area contributed by atoms with E-state index in [9.17, 15) is 9.59 Å². The van der Waals surface area contributed by atoms with Gasteiger partial charge in [0.1, 0.15) is 11.7 Å². The molecular weight excluding hydrogens is 204 g/mol. The maximum Gasteiger partial charge on any atom is 0.316 e. The highest BCUT2D eigenvalue weighted by Gasteiger charge is 2.26. The average molecular weight is 226 g/mol. The van der Waals surface area contributed by atoms with E-state index in [1.807, 2.05) is 26.8 Å². The van der Waals surface area contributed by atoms with Gasteiger partial charge in [-0.1, -0.05) is 18.6 Å². The van der Waals surface area contributed by atoms with Gasteiger partial charge in [-0.3, -0.25) is 9.59 Å². The number of carbonyl (C=O) groups excluding carboxylic acids is 2. The lowest BCUT2D eigenvalue weighted by Crippen LogP contribution is -2.27. The van der Waals surface area contributed by atoms with Crippen LogP contribution < -0.4 is 0 Å². The zero-order valence-corrected chi connectivity index (χ0v) is 10.9. The Labute approximate surface area is 97.9 Å². The molecule has 0 aromatic heterocycles. The minimum Gasteiger partial charge on any atom is -0.465 e. The van der Waals surface area contributed by atoms with Crippen LogP contribution in [0.25, 0.3) is 0 Å². The van der Waals surface area contributed by atoms with Gasteiger partial charge in [-0.2, -0.15) is 0 Å². The van der Waals surface area contributed by atoms with Crippen molar-refractivity contribution in [2.45, 2.75) is 41.0 Å². The number of esters is 1. The van der Waals surface area contributed by atoms with E-state index in [1.54, 1.807) is 13.8 Å². The zero-order chi connectivity index (χ0) is 12.7. The standard InChI is InChI=1S/C13H22O3/c1-6-16-13(15)11(5)12(14)10(4)8-7-9(2)3/h7,10-11H,6,8H2,1-5H3. The first-order valence-electron chi connectivity index (χ1n) is 5.73. The second-order valence-corrected chi connectivity index (χ2v) is 4.29. The second kappa shape index (κ2) is 7.20. The molecule has 0 heterocycles. The Balaban J connectivity index is 4.32. The maximum absolute atomic E-state index is 11.8. The molecule has 0 radical (unpaired) electrons. The Kier molecular flexibility index (Phi) is 6.70. The van der Waals surface area contributed by atoms with Crippen molar-refractivity contribution in [3.63, 3.8) is 0 Å². The molecule has 0 spiro atoms. The summed E-state index contributed by atoms with van der Waals surface area (Å²) in [6.45, 7) is 9.50. The summed E-state index contributed by atoms with van der Waals surface area (Å²) in [4.78, 5) is 23.2. The van der Waals surface area contributed by atoms with Crippen LogP contribution in [-0.4, -0.2) is 18.4 Å². The van der Waals surface area contributed by atoms with Gasteiger partial charge in [0, 0.05) is 5.92 Å². The van der Waals surface area contributed by atoms with E-state index in [4.69, 9.17) is 4.74 Å². The van der Waals surface area contributed by atoms with Crippen molar-refractivity contribution in [3.05, 3.63) is 11.6 Å². The third kappa shape index (κ3) is 5.10. The lowest BCUT2D eigenvalue weighted by Gasteiger charge is -2.13. The van der Waals surface area contributed by atoms with Gasteiger partial charge >= 0.3 is 5.97 Å². The van der Waals surface area contributed by atoms with Crippen LogP contribution in [0.5, 0.6) is 0 Å². The van der Waals surface area contributed by atoms with Crippen LogP contribution in [0.1, 0.15) is 41.0 Å². The van der Waals surface area contributed by atoms with Crippen LogP contribution in [0.3, 0.4) is 0 Å². The lowest BCUT2D eigenvalue weighted by atomic mass is 9.92. The van der Waals surface area contributed by atoms with E-state index in [0.29, 0.717) is 13.0 Å². The van der Waals surface area contributed by atoms with Crippen LogP contribution in [0.2, 0.25) is 0 Å². The summed E-state index contributed by atoms with van der Waals surface area (Å²) in [6.07, 6.45) is 2.70. The van der Waals surface area contributed by atoms with Crippen molar-refractivity contribution in [3.8, 4) is 0 Å². The van der Waals surface area contributed by atoms with E-state index in [0.717, 1.165) is 0 Å². The molecule has 0 aromatic rings. The Morgan fingerprint density at radius 2 is 1.81 bits per heavy atom. The molecule has 16 heavy (non-hydrogen) atoms. The summed E-state index contributed by atoms with van der Waals surface area (Å²) < 4.78 is 4.83. The van der Waals surface area contributed by atoms with E-state index < -0.39 is 11.9 Å². The molecule has 0 saturated carbocycles. The Morgan fingerprint density at radius 3 is 2.25 bits per heavy atom. The van der Waals surface area contributed by atoms with Crippen molar-refractivity contribution in [2.75, 3.05) is 6.61 Å². The molecule has 0 bridgehead atoms. The predicted molar refractivity (Wildman–Crippen MR) is 64.0 cm³/mol. The molecular formula is C13H22O3. The van der Waals surface area contributed by atoms with Gasteiger partial charge in [-0.15, -0.1) is 0 Å². The summed E-state index contributed by atoms with van der Waals surface area (Å²) in [6, 6.07) is 0. The third-order valence-corrected chi connectivity index (χ3v) is 2.43. The summed E-state index contributed by atoms with van der Waals surface area (Å²) in [5.41, 5.74) is 1.18. The zero-order valence-electron chi connectivity index (χ0n) is 10.9. The van der Waals surface area contributed by atoms with E-state index in [-0.39, 0.29) is 11.7 Å². The topological polar surface area (TPSA) is 43.4 Å². The molecule has 3 nitrogen and oxygen atoms in total. The predicted octanol–water partition coefficient (Wildman–Crippen LogP) is 2.75. The highest BCUT2D eigenvalue weighted by molar-refractivity contribution is 5.99. The molecule has 0 aliphatic heterocycles. The Hall–Kier alpha value is -1.12. The SMILES string of the molecule is CCOC(=O)C(C)C(=O)C(C)CC=C(C)C. The normalized spacial score (nSPS) is 13.8. The first kappa shape index (κ1) is 14.9. The number of allylic oxidation sites excluding steroid dienone is 2. The maximum atomic E-state index is 11.8. The van der Waals surface area contributed by atoms with Gasteiger partial charge in [0.25, 0.3) is 0 Å². The average Bonchev–Trinajstić information content (AvgIpc) is 2.23. The number of hydrogen-bond acceptors (Lipinski definition) is 3. The van der Waals surface area contributed by atoms with Gasteiger partial charge in [-0.25, -0.2) is 0 Å². The van der Waals surface area contributed by atoms with Crippen LogP contribution in [0, 0.1) is 11.8 Å². The minimum atomic E-state index is -0.652. The third-order valence-electron chi connectivity index (χ3n) is 2.43. The summed E-state index contributed by atoms with van der Waals surface area (Å²) in [5.74, 6) is -1.25. The van der Waals surface area contributed by atoms with Crippen LogP contribution >= 0.6 is 0 Å². The van der Waals surface area contributed by atoms with Gasteiger partial charge in [0.05, 0.1) is 6.61 Å². The first-order chi connectivity index (χ1) is 7.40. The number of rotatable bonds is 6. The van der Waals surface area contributed by atoms with Gasteiger partial charge < -0.3 is 4.74 Å². The first-order valence-corrected chi connectivity index (χ1v) is 5.73. The van der Waals surface area contributed by atoms with E-state index in [1.165, 1.54) is 5.57 Å². The number of ketones is 1. The highest BCUT2D eigenvalue weighted by atomic mass is 16.5. The number of ether oxygens (including phenoxy) is 1. The molecule has 0 aliphatic carbocycles. The molecule has 0 fully saturated rings. The fraction of sp³-hybridized carbons (Fsp3) is 0.692. The number of Topliss-reactive ketones (excluding diaryl/α,β-unsaturated/α-hetero) is 1. The van der Waals surface area contributed by atoms with Crippen LogP contribution in [0.15, 0.2) is 11.6 Å². The van der Waals surface area contributed by atoms with Crippen molar-refractivity contribution in [2.24, 2.45) is 11.8 Å². The molecule has 0 aliphatic rings. The molecule has 0 N–H and O–H groups in total. The summed E-state index contributed by atoms with van der Waals surface area (Å²) in [5, 5.41) is 0. The fourth-order valence-electron chi connectivity index (χ4n) is 1.34. The molecule has 3 heteroatoms. The van der Waals surface area contributed by atoms with Gasteiger partial charge in [-0.05, 0) is 34.1 Å². The quantitative estimate of drug-likeness (QED) is 0.397. The monoisotopic (exact) mass is 226 g/mol. The molecule has 92 valence electrons. The van der Waals surface area contributed by atoms with Crippen molar-refractivity contribution in [1.29, 1.82) is 0 Å². The molecule has 0 rings (SSSR count). The second-order valence-electron chi connectivity index (χ2n) is 4.29. The molecule has 2 atom stereocenters. The van der Waals surface area contributed by atoms with Crippen molar-refractivity contribution in [1.82, 2.24) is 0 Å². The molecule has 0 aromatic carbocycles. The van der Waals surface area contributed by atoms with Crippen LogP contribution in [0.4, 0.5) is 0 Å². The lowest BCUT2D eigenvalue weighted by molar-refractivity contribution is -0.151. The van der Waals surface area contributed by atoms with E-state index >= 15 is 0 Å². The highest BCUT2D eigenvalue weighted by Crippen LogP contribution is 2.14. The molecule has 0 saturated heterocycles. The fourth-order valence-corrected chi connectivity index (χ4v) is 1.34. The number of carbonyl (C=O) groups is 2. The van der Waals surface area contributed by atoms with Gasteiger partial charge in [0.15, 0.2) is 0 Å². The molecule has 0 amide bonds. The smallest absolute Gasteiger partial charge is 0.316 e. The largest absolute Gasteiger partial charge is 0.465 e. The Bertz CT molecular complexity index is 275.